The monoisotopic (exact) mass is 732 g/mol. The number of nitrogens with zero attached hydrogens (tertiary/aromatic N) is 8. The first kappa shape index (κ1) is 39.2. The first-order valence-electron chi connectivity index (χ1n) is 16.4. The topological polar surface area (TPSA) is 181 Å². The van der Waals surface area contributed by atoms with Crippen LogP contribution in [0.4, 0.5) is 22.5 Å². The van der Waals surface area contributed by atoms with Crippen molar-refractivity contribution < 1.29 is 28.5 Å². The Labute approximate surface area is 301 Å². The number of hydrogen-bond acceptors (Lipinski definition) is 14. The zero-order valence-corrected chi connectivity index (χ0v) is 30.1. The Kier molecular flexibility index (Phi) is 17.4. The molecule has 0 saturated carbocycles. The molecule has 1 fully saturated rings. The molecule has 2 N–H and O–H groups in total. The minimum atomic E-state index is -0.274. The molecule has 3 aromatic rings. The molecule has 50 heavy (non-hydrogen) atoms. The molecule has 0 atom stereocenters. The smallest absolute Gasteiger partial charge is 0.267 e. The van der Waals surface area contributed by atoms with Gasteiger partial charge < -0.3 is 39.2 Å². The summed E-state index contributed by atoms with van der Waals surface area (Å²) in [5, 5.41) is 10.5. The predicted molar refractivity (Wildman–Crippen MR) is 193 cm³/mol. The van der Waals surface area contributed by atoms with Crippen LogP contribution in [0.5, 0.6) is 0 Å². The van der Waals surface area contributed by atoms with E-state index < -0.39 is 0 Å². The van der Waals surface area contributed by atoms with Gasteiger partial charge in [0, 0.05) is 50.2 Å². The molecule has 1 aliphatic rings. The van der Waals surface area contributed by atoms with Crippen molar-refractivity contribution in [2.75, 3.05) is 121 Å². The van der Waals surface area contributed by atoms with Gasteiger partial charge in [-0.15, -0.1) is 0 Å². The maximum atomic E-state index is 12.8. The summed E-state index contributed by atoms with van der Waals surface area (Å²) in [5.74, 6) is 1.83. The van der Waals surface area contributed by atoms with Crippen LogP contribution in [0.3, 0.4) is 0 Å². The minimum absolute atomic E-state index is 0.274. The summed E-state index contributed by atoms with van der Waals surface area (Å²) in [6, 6.07) is 7.39. The maximum absolute atomic E-state index is 12.8. The lowest BCUT2D eigenvalue weighted by Crippen LogP contribution is -2.47. The molecule has 272 valence electrons. The van der Waals surface area contributed by atoms with E-state index in [1.165, 1.54) is 17.5 Å². The fourth-order valence-corrected chi connectivity index (χ4v) is 5.80. The molecular weight excluding hydrogens is 688 g/mol. The van der Waals surface area contributed by atoms with Crippen molar-refractivity contribution in [1.29, 1.82) is 0 Å². The van der Waals surface area contributed by atoms with E-state index in [-0.39, 0.29) is 5.91 Å². The van der Waals surface area contributed by atoms with Crippen molar-refractivity contribution in [2.45, 2.75) is 13.8 Å². The number of aromatic nitrogens is 3. The second-order valence-corrected chi connectivity index (χ2v) is 12.5. The van der Waals surface area contributed by atoms with Crippen LogP contribution in [-0.4, -0.2) is 131 Å². The number of thiazole rings is 1. The fraction of sp³-hybridized carbons (Fsp3) is 0.562. The van der Waals surface area contributed by atoms with Crippen LogP contribution in [-0.2, 0) is 23.7 Å². The quantitative estimate of drug-likeness (QED) is 0.0594. The molecular formula is C32H45ClN10O6S. The number of aryl methyl sites for hydroxylation is 2. The number of amides is 1. The van der Waals surface area contributed by atoms with Crippen molar-refractivity contribution in [2.24, 2.45) is 5.11 Å². The van der Waals surface area contributed by atoms with Crippen LogP contribution in [0.1, 0.15) is 21.1 Å². The molecule has 16 nitrogen and oxygen atoms in total. The van der Waals surface area contributed by atoms with Gasteiger partial charge in [0.25, 0.3) is 5.91 Å². The second-order valence-electron chi connectivity index (χ2n) is 11.0. The predicted octanol–water partition coefficient (Wildman–Crippen LogP) is 4.71. The van der Waals surface area contributed by atoms with E-state index in [0.29, 0.717) is 105 Å². The Morgan fingerprint density at radius 3 is 2.22 bits per heavy atom. The average Bonchev–Trinajstić information content (AvgIpc) is 3.58. The molecule has 0 unspecified atom stereocenters. The number of hydrogen-bond donors (Lipinski definition) is 2. The van der Waals surface area contributed by atoms with Crippen molar-refractivity contribution in [3.05, 3.63) is 62.2 Å². The van der Waals surface area contributed by atoms with Gasteiger partial charge >= 0.3 is 0 Å². The zero-order chi connectivity index (χ0) is 35.4. The lowest BCUT2D eigenvalue weighted by Gasteiger charge is -2.35. The summed E-state index contributed by atoms with van der Waals surface area (Å²) >= 11 is 7.51. The molecule has 2 aromatic heterocycles. The van der Waals surface area contributed by atoms with Gasteiger partial charge in [-0.05, 0) is 31.0 Å². The van der Waals surface area contributed by atoms with Crippen molar-refractivity contribution in [3.63, 3.8) is 0 Å². The van der Waals surface area contributed by atoms with E-state index in [1.54, 1.807) is 6.07 Å². The molecule has 0 aliphatic carbocycles. The molecule has 4 rings (SSSR count). The SMILES string of the molecule is Cc1nc(Nc2ncc(C(=O)Nc3c(C)cccc3Cl)s2)cc(N2CCN(CCOCCOCCOCCOCCOCCN=[N+]=[N-])CC2)n1. The largest absolute Gasteiger partial charge is 0.379 e. The highest BCUT2D eigenvalue weighted by Crippen LogP contribution is 2.28. The van der Waals surface area contributed by atoms with E-state index in [9.17, 15) is 4.79 Å². The lowest BCUT2D eigenvalue weighted by atomic mass is 10.2. The summed E-state index contributed by atoms with van der Waals surface area (Å²) in [6.45, 7) is 13.4. The van der Waals surface area contributed by atoms with Crippen LogP contribution < -0.4 is 15.5 Å². The number of benzene rings is 1. The highest BCUT2D eigenvalue weighted by molar-refractivity contribution is 7.17. The summed E-state index contributed by atoms with van der Waals surface area (Å²) in [7, 11) is 0. The molecule has 0 bridgehead atoms. The van der Waals surface area contributed by atoms with Gasteiger partial charge in [-0.3, -0.25) is 9.69 Å². The molecule has 0 spiro atoms. The highest BCUT2D eigenvalue weighted by atomic mass is 35.5. The Bertz CT molecular complexity index is 1500. The van der Waals surface area contributed by atoms with Gasteiger partial charge in [0.15, 0.2) is 5.13 Å². The standard InChI is InChI=1S/C32H45ClN10O6S/c1-24-4-3-5-26(33)30(24)40-31(44)27-23-35-32(50-27)39-28-22-29(38-25(2)37-28)43-9-7-42(8-10-43)11-13-46-15-17-48-19-21-49-20-18-47-16-14-45-12-6-36-41-34/h3-5,22-23H,6-21H2,1-2H3,(H,40,44)(H,35,37,38,39). The lowest BCUT2D eigenvalue weighted by molar-refractivity contribution is -0.0118. The molecule has 0 radical (unpaired) electrons. The Morgan fingerprint density at radius 1 is 0.940 bits per heavy atom. The van der Waals surface area contributed by atoms with Crippen LogP contribution in [0, 0.1) is 13.8 Å². The fourth-order valence-electron chi connectivity index (χ4n) is 4.82. The first-order chi connectivity index (χ1) is 24.4. The van der Waals surface area contributed by atoms with Crippen LogP contribution in [0.25, 0.3) is 10.4 Å². The second kappa shape index (κ2) is 22.2. The highest BCUT2D eigenvalue weighted by Gasteiger charge is 2.20. The van der Waals surface area contributed by atoms with Crippen LogP contribution in [0.15, 0.2) is 35.6 Å². The Hall–Kier alpha value is -3.64. The summed E-state index contributed by atoms with van der Waals surface area (Å²) < 4.78 is 27.5. The molecule has 1 aliphatic heterocycles. The van der Waals surface area contributed by atoms with Crippen molar-refractivity contribution >= 4 is 51.3 Å². The number of para-hydroxylation sites is 1. The van der Waals surface area contributed by atoms with Crippen molar-refractivity contribution in [3.8, 4) is 0 Å². The Balaban J connectivity index is 1.05. The third-order valence-corrected chi connectivity index (χ3v) is 8.61. The molecule has 1 aromatic carbocycles. The number of nitrogens with one attached hydrogen (secondary N) is 2. The molecule has 18 heteroatoms. The van der Waals surface area contributed by atoms with E-state index in [4.69, 9.17) is 40.8 Å². The zero-order valence-electron chi connectivity index (χ0n) is 28.5. The number of halogens is 1. The summed E-state index contributed by atoms with van der Waals surface area (Å²) in [5.41, 5.74) is 9.65. The number of carbonyl (C=O) groups is 1. The van der Waals surface area contributed by atoms with Gasteiger partial charge in [-0.2, -0.15) is 0 Å². The number of piperazine rings is 1. The Morgan fingerprint density at radius 2 is 1.58 bits per heavy atom. The van der Waals surface area contributed by atoms with Gasteiger partial charge in [-0.25, -0.2) is 15.0 Å². The number of ether oxygens (including phenoxy) is 5. The third-order valence-electron chi connectivity index (χ3n) is 7.38. The molecule has 3 heterocycles. The molecule has 1 saturated heterocycles. The van der Waals surface area contributed by atoms with E-state index in [1.807, 2.05) is 32.0 Å². The number of rotatable bonds is 23. The first-order valence-corrected chi connectivity index (χ1v) is 17.6. The van der Waals surface area contributed by atoms with E-state index >= 15 is 0 Å². The number of anilines is 4. The average molecular weight is 733 g/mol. The van der Waals surface area contributed by atoms with Gasteiger partial charge in [-0.1, -0.05) is 40.2 Å². The van der Waals surface area contributed by atoms with Gasteiger partial charge in [0.05, 0.1) is 83.0 Å². The van der Waals surface area contributed by atoms with E-state index in [0.717, 1.165) is 44.1 Å². The van der Waals surface area contributed by atoms with Crippen molar-refractivity contribution in [1.82, 2.24) is 19.9 Å². The summed E-state index contributed by atoms with van der Waals surface area (Å²) in [6.07, 6.45) is 1.54. The van der Waals surface area contributed by atoms with Gasteiger partial charge in [0.1, 0.15) is 22.3 Å². The number of carbonyl (C=O) groups excluding carboxylic acids is 1. The third kappa shape index (κ3) is 13.9. The molecule has 1 amide bonds. The van der Waals surface area contributed by atoms with E-state index in [2.05, 4.69) is 45.4 Å². The summed E-state index contributed by atoms with van der Waals surface area (Å²) in [4.78, 5) is 34.2. The maximum Gasteiger partial charge on any atom is 0.267 e. The number of azide groups is 1. The van der Waals surface area contributed by atoms with Crippen LogP contribution >= 0.6 is 22.9 Å². The normalized spacial score (nSPS) is 13.3. The minimum Gasteiger partial charge on any atom is -0.379 e. The van der Waals surface area contributed by atoms with Crippen LogP contribution in [0.2, 0.25) is 5.02 Å². The van der Waals surface area contributed by atoms with Gasteiger partial charge in [0.2, 0.25) is 0 Å².